The van der Waals surface area contributed by atoms with Gasteiger partial charge in [0.15, 0.2) is 0 Å². The number of methoxy groups -OCH3 is 1. The number of hydrogen-bond acceptors (Lipinski definition) is 3. The van der Waals surface area contributed by atoms with E-state index in [1.807, 2.05) is 7.11 Å². The van der Waals surface area contributed by atoms with Gasteiger partial charge in [0.2, 0.25) is 0 Å². The van der Waals surface area contributed by atoms with Crippen LogP contribution in [0.4, 0.5) is 0 Å². The summed E-state index contributed by atoms with van der Waals surface area (Å²) in [6.07, 6.45) is 9.35. The first-order valence-electron chi connectivity index (χ1n) is 7.71. The Morgan fingerprint density at radius 2 is 2.00 bits per heavy atom. The predicted octanol–water partition coefficient (Wildman–Crippen LogP) is 2.39. The highest BCUT2D eigenvalue weighted by atomic mass is 16.5. The van der Waals surface area contributed by atoms with E-state index < -0.39 is 0 Å². The van der Waals surface area contributed by atoms with Gasteiger partial charge in [0.1, 0.15) is 0 Å². The van der Waals surface area contributed by atoms with Crippen LogP contribution < -0.4 is 5.73 Å². The number of rotatable bonds is 3. The van der Waals surface area contributed by atoms with Crippen molar-refractivity contribution in [3.05, 3.63) is 0 Å². The molecular weight excluding hydrogens is 224 g/mol. The van der Waals surface area contributed by atoms with Crippen LogP contribution in [0, 0.1) is 5.92 Å². The molecular formula is C15H30N2O. The average molecular weight is 254 g/mol. The maximum atomic E-state index is 6.20. The second-order valence-electron chi connectivity index (χ2n) is 6.30. The lowest BCUT2D eigenvalue weighted by atomic mass is 9.77. The SMILES string of the molecule is COC1CCCCC1(CN)N1CCCC(C)CC1. The number of likely N-dealkylation sites (tertiary alicyclic amines) is 1. The van der Waals surface area contributed by atoms with Crippen molar-refractivity contribution >= 4 is 0 Å². The first-order chi connectivity index (χ1) is 8.73. The Labute approximate surface area is 112 Å². The van der Waals surface area contributed by atoms with Crippen LogP contribution in [0.2, 0.25) is 0 Å². The molecule has 1 heterocycles. The Morgan fingerprint density at radius 1 is 1.17 bits per heavy atom. The quantitative estimate of drug-likeness (QED) is 0.840. The molecule has 0 spiro atoms. The lowest BCUT2D eigenvalue weighted by Gasteiger charge is -2.50. The van der Waals surface area contributed by atoms with Crippen LogP contribution in [0.15, 0.2) is 0 Å². The highest BCUT2D eigenvalue weighted by Crippen LogP contribution is 2.36. The third kappa shape index (κ3) is 2.73. The first kappa shape index (κ1) is 14.3. The largest absolute Gasteiger partial charge is 0.379 e. The minimum atomic E-state index is 0.122. The minimum Gasteiger partial charge on any atom is -0.379 e. The van der Waals surface area contributed by atoms with Gasteiger partial charge < -0.3 is 10.5 Å². The molecule has 0 bridgehead atoms. The predicted molar refractivity (Wildman–Crippen MR) is 75.6 cm³/mol. The number of nitrogens with zero attached hydrogens (tertiary/aromatic N) is 1. The molecule has 2 N–H and O–H groups in total. The Morgan fingerprint density at radius 3 is 2.72 bits per heavy atom. The number of hydrogen-bond donors (Lipinski definition) is 1. The van der Waals surface area contributed by atoms with E-state index in [2.05, 4.69) is 11.8 Å². The molecule has 2 rings (SSSR count). The van der Waals surface area contributed by atoms with Crippen molar-refractivity contribution in [3.8, 4) is 0 Å². The van der Waals surface area contributed by atoms with Crippen molar-refractivity contribution < 1.29 is 4.74 Å². The van der Waals surface area contributed by atoms with Gasteiger partial charge in [-0.15, -0.1) is 0 Å². The third-order valence-corrected chi connectivity index (χ3v) is 5.21. The number of nitrogens with two attached hydrogens (primary N) is 1. The van der Waals surface area contributed by atoms with Crippen LogP contribution in [0.5, 0.6) is 0 Å². The molecule has 3 heteroatoms. The number of ether oxygens (including phenoxy) is 1. The lowest BCUT2D eigenvalue weighted by Crippen LogP contribution is -2.63. The molecule has 2 aliphatic rings. The minimum absolute atomic E-state index is 0.122. The summed E-state index contributed by atoms with van der Waals surface area (Å²) < 4.78 is 5.80. The summed E-state index contributed by atoms with van der Waals surface area (Å²) in [4.78, 5) is 2.67. The van der Waals surface area contributed by atoms with Crippen LogP contribution >= 0.6 is 0 Å². The fourth-order valence-corrected chi connectivity index (χ4v) is 3.96. The lowest BCUT2D eigenvalue weighted by molar-refractivity contribution is -0.0746. The average Bonchev–Trinajstić information content (AvgIpc) is 2.63. The summed E-state index contributed by atoms with van der Waals surface area (Å²) in [5, 5.41) is 0. The van der Waals surface area contributed by atoms with Gasteiger partial charge in [0.05, 0.1) is 11.6 Å². The summed E-state index contributed by atoms with van der Waals surface area (Å²) in [7, 11) is 1.86. The van der Waals surface area contributed by atoms with E-state index in [1.54, 1.807) is 0 Å². The Balaban J connectivity index is 2.13. The second-order valence-corrected chi connectivity index (χ2v) is 6.30. The van der Waals surface area contributed by atoms with Crippen LogP contribution in [0.1, 0.15) is 51.9 Å². The molecule has 3 unspecified atom stereocenters. The summed E-state index contributed by atoms with van der Waals surface area (Å²) in [6.45, 7) is 5.55. The fraction of sp³-hybridized carbons (Fsp3) is 1.00. The van der Waals surface area contributed by atoms with Gasteiger partial charge in [-0.1, -0.05) is 19.8 Å². The van der Waals surface area contributed by atoms with E-state index in [4.69, 9.17) is 10.5 Å². The van der Waals surface area contributed by atoms with Crippen molar-refractivity contribution in [2.45, 2.75) is 63.5 Å². The van der Waals surface area contributed by atoms with E-state index in [0.717, 1.165) is 12.5 Å². The van der Waals surface area contributed by atoms with Crippen molar-refractivity contribution in [1.82, 2.24) is 4.90 Å². The molecule has 0 aromatic heterocycles. The van der Waals surface area contributed by atoms with E-state index in [9.17, 15) is 0 Å². The maximum Gasteiger partial charge on any atom is 0.0767 e. The van der Waals surface area contributed by atoms with Crippen LogP contribution in [-0.2, 0) is 4.74 Å². The Hall–Kier alpha value is -0.120. The Kier molecular flexibility index (Phi) is 5.05. The van der Waals surface area contributed by atoms with E-state index >= 15 is 0 Å². The molecule has 1 saturated carbocycles. The van der Waals surface area contributed by atoms with Crippen molar-refractivity contribution in [3.63, 3.8) is 0 Å². The van der Waals surface area contributed by atoms with Gasteiger partial charge in [-0.2, -0.15) is 0 Å². The highest BCUT2D eigenvalue weighted by molar-refractivity contribution is 5.01. The highest BCUT2D eigenvalue weighted by Gasteiger charge is 2.44. The molecule has 0 radical (unpaired) electrons. The van der Waals surface area contributed by atoms with Crippen LogP contribution in [0.25, 0.3) is 0 Å². The van der Waals surface area contributed by atoms with Crippen molar-refractivity contribution in [2.75, 3.05) is 26.7 Å². The van der Waals surface area contributed by atoms with Gasteiger partial charge in [0, 0.05) is 13.7 Å². The molecule has 3 atom stereocenters. The molecule has 106 valence electrons. The van der Waals surface area contributed by atoms with E-state index in [1.165, 1.54) is 58.0 Å². The van der Waals surface area contributed by atoms with Gasteiger partial charge in [-0.25, -0.2) is 0 Å². The van der Waals surface area contributed by atoms with Crippen LogP contribution in [0.3, 0.4) is 0 Å². The Bertz CT molecular complexity index is 259. The summed E-state index contributed by atoms with van der Waals surface area (Å²) in [5.74, 6) is 0.870. The topological polar surface area (TPSA) is 38.5 Å². The molecule has 1 aliphatic carbocycles. The standard InChI is InChI=1S/C15H30N2O/c1-13-6-5-10-17(11-8-13)15(12-16)9-4-3-7-14(15)18-2/h13-14H,3-12,16H2,1-2H3. The molecule has 0 aromatic rings. The zero-order valence-corrected chi connectivity index (χ0v) is 12.2. The molecule has 18 heavy (non-hydrogen) atoms. The van der Waals surface area contributed by atoms with Gasteiger partial charge in [-0.05, 0) is 51.1 Å². The molecule has 3 nitrogen and oxygen atoms in total. The monoisotopic (exact) mass is 254 g/mol. The fourth-order valence-electron chi connectivity index (χ4n) is 3.96. The molecule has 1 aliphatic heterocycles. The van der Waals surface area contributed by atoms with Crippen LogP contribution in [-0.4, -0.2) is 43.3 Å². The van der Waals surface area contributed by atoms with E-state index in [0.29, 0.717) is 6.10 Å². The summed E-state index contributed by atoms with van der Waals surface area (Å²) in [6, 6.07) is 0. The van der Waals surface area contributed by atoms with Gasteiger partial charge in [-0.3, -0.25) is 4.90 Å². The molecule has 0 aromatic carbocycles. The van der Waals surface area contributed by atoms with Crippen molar-refractivity contribution in [2.24, 2.45) is 11.7 Å². The van der Waals surface area contributed by atoms with Crippen molar-refractivity contribution in [1.29, 1.82) is 0 Å². The normalized spacial score (nSPS) is 39.5. The molecule has 0 amide bonds. The first-order valence-corrected chi connectivity index (χ1v) is 7.71. The maximum absolute atomic E-state index is 6.20. The van der Waals surface area contributed by atoms with Gasteiger partial charge >= 0.3 is 0 Å². The molecule has 2 fully saturated rings. The zero-order chi connectivity index (χ0) is 13.0. The third-order valence-electron chi connectivity index (χ3n) is 5.21. The summed E-state index contributed by atoms with van der Waals surface area (Å²) >= 11 is 0. The summed E-state index contributed by atoms with van der Waals surface area (Å²) in [5.41, 5.74) is 6.32. The van der Waals surface area contributed by atoms with Gasteiger partial charge in [0.25, 0.3) is 0 Å². The van der Waals surface area contributed by atoms with E-state index in [-0.39, 0.29) is 5.54 Å². The molecule has 1 saturated heterocycles. The smallest absolute Gasteiger partial charge is 0.0767 e. The zero-order valence-electron chi connectivity index (χ0n) is 12.2. The second kappa shape index (κ2) is 6.36.